The molecule has 2 fully saturated rings. The summed E-state index contributed by atoms with van der Waals surface area (Å²) in [6, 6.07) is 0. The zero-order chi connectivity index (χ0) is 18.7. The Labute approximate surface area is 141 Å². The molecule has 13 nitrogen and oxygen atoms in total. The number of rotatable bonds is 3. The van der Waals surface area contributed by atoms with Crippen LogP contribution >= 0.6 is 7.60 Å². The van der Waals surface area contributed by atoms with E-state index in [0.29, 0.717) is 0 Å². The fourth-order valence-corrected chi connectivity index (χ4v) is 4.61. The normalized spacial score (nSPS) is 39.4. The quantitative estimate of drug-likeness (QED) is 0.237. The predicted molar refractivity (Wildman–Crippen MR) is 80.3 cm³/mol. The minimum Gasteiger partial charge on any atom is -0.394 e. The highest BCUT2D eigenvalue weighted by Gasteiger charge is 2.69. The maximum Gasteiger partial charge on any atom is 0.363 e. The molecule has 0 saturated carbocycles. The number of hydrogen-bond acceptors (Lipinski definition) is 9. The fraction of sp³-hybridized carbons (Fsp3) is 0.727. The number of carbonyl (C=O) groups is 1. The third-order valence-corrected chi connectivity index (χ3v) is 6.10. The Bertz CT molecular complexity index is 696. The molecule has 0 aromatic rings. The summed E-state index contributed by atoms with van der Waals surface area (Å²) in [6.45, 7) is -0.873. The van der Waals surface area contributed by atoms with Gasteiger partial charge in [0.1, 0.15) is 18.3 Å². The Balaban J connectivity index is 2.09. The summed E-state index contributed by atoms with van der Waals surface area (Å²) in [6.07, 6.45) is -5.41. The Morgan fingerprint density at radius 2 is 2.08 bits per heavy atom. The molecule has 0 aromatic heterocycles. The lowest BCUT2D eigenvalue weighted by Crippen LogP contribution is -2.63. The molecule has 0 aromatic carbocycles. The average molecular weight is 379 g/mol. The van der Waals surface area contributed by atoms with E-state index < -0.39 is 61.7 Å². The molecule has 7 N–H and O–H groups in total. The van der Waals surface area contributed by atoms with E-state index in [2.05, 4.69) is 4.99 Å². The van der Waals surface area contributed by atoms with Crippen LogP contribution < -0.4 is 5.32 Å². The maximum absolute atomic E-state index is 12.4. The summed E-state index contributed by atoms with van der Waals surface area (Å²) in [5.74, 6) is -2.23. The Morgan fingerprint density at radius 1 is 1.44 bits per heavy atom. The van der Waals surface area contributed by atoms with Crippen LogP contribution in [0, 0.1) is 5.41 Å². The number of hydrogen-bond donors (Lipinski definition) is 7. The summed E-state index contributed by atoms with van der Waals surface area (Å²) in [7, 11) is -3.88. The second-order valence-electron chi connectivity index (χ2n) is 5.99. The number of fused-ring (bicyclic) bond motifs is 1. The summed E-state index contributed by atoms with van der Waals surface area (Å²) in [5.41, 5.74) is 0. The van der Waals surface area contributed by atoms with Crippen LogP contribution in [0.3, 0.4) is 0 Å². The lowest BCUT2D eigenvalue weighted by molar-refractivity contribution is -0.124. The number of nitrogens with one attached hydrogen (secondary N) is 2. The highest BCUT2D eigenvalue weighted by molar-refractivity contribution is 7.56. The molecule has 5 atom stereocenters. The van der Waals surface area contributed by atoms with Gasteiger partial charge in [0.05, 0.1) is 13.3 Å². The summed E-state index contributed by atoms with van der Waals surface area (Å²) in [4.78, 5) is 38.0. The number of nitrogens with zero attached hydrogens (tertiary/aromatic N) is 3. The van der Waals surface area contributed by atoms with Crippen molar-refractivity contribution in [2.75, 3.05) is 20.3 Å². The number of amides is 1. The molecule has 0 bridgehead atoms. The molecule has 1 unspecified atom stereocenters. The van der Waals surface area contributed by atoms with Crippen molar-refractivity contribution in [3.8, 4) is 0 Å². The van der Waals surface area contributed by atoms with E-state index in [4.69, 9.17) is 10.1 Å². The topological polar surface area (TPSA) is 199 Å². The molecule has 0 aliphatic carbocycles. The standard InChI is InChI=1S/C11H18N5O8P/c1-15-3-16(7-6(19)5(18)4(2-17)24-7)8-11(15,25(21,22)23)9(20)14-10(12)13-8/h4-7,17-19H,2-3H2,1H3,(H2,12,14,20)(H2,21,22,23)/t4-,5-,6-,7-,11?/m1/s1. The third-order valence-electron chi connectivity index (χ3n) is 4.51. The average Bonchev–Trinajstić information content (AvgIpc) is 2.95. The number of aliphatic imine (C=N–C) groups is 1. The zero-order valence-electron chi connectivity index (χ0n) is 13.0. The second kappa shape index (κ2) is 5.79. The van der Waals surface area contributed by atoms with Crippen molar-refractivity contribution in [2.24, 2.45) is 4.99 Å². The van der Waals surface area contributed by atoms with E-state index in [1.807, 2.05) is 5.32 Å². The molecular weight excluding hydrogens is 361 g/mol. The first-order chi connectivity index (χ1) is 11.6. The van der Waals surface area contributed by atoms with Gasteiger partial charge >= 0.3 is 7.60 Å². The summed E-state index contributed by atoms with van der Waals surface area (Å²) < 4.78 is 17.5. The van der Waals surface area contributed by atoms with Gasteiger partial charge in [0.15, 0.2) is 12.1 Å². The molecule has 3 aliphatic heterocycles. The van der Waals surface area contributed by atoms with Crippen molar-refractivity contribution >= 4 is 25.3 Å². The maximum atomic E-state index is 12.4. The molecule has 3 heterocycles. The summed E-state index contributed by atoms with van der Waals surface area (Å²) >= 11 is 0. The zero-order valence-corrected chi connectivity index (χ0v) is 13.9. The second-order valence-corrected chi connectivity index (χ2v) is 7.73. The third kappa shape index (κ3) is 2.36. The van der Waals surface area contributed by atoms with Crippen molar-refractivity contribution in [3.63, 3.8) is 0 Å². The lowest BCUT2D eigenvalue weighted by Gasteiger charge is -2.36. The molecule has 1 amide bonds. The van der Waals surface area contributed by atoms with Crippen LogP contribution in [-0.2, 0) is 14.1 Å². The van der Waals surface area contributed by atoms with Gasteiger partial charge in [-0.2, -0.15) is 4.99 Å². The van der Waals surface area contributed by atoms with Crippen molar-refractivity contribution in [2.45, 2.75) is 29.8 Å². The van der Waals surface area contributed by atoms with Crippen LogP contribution in [0.1, 0.15) is 0 Å². The van der Waals surface area contributed by atoms with E-state index in [9.17, 15) is 34.5 Å². The van der Waals surface area contributed by atoms with Gasteiger partial charge in [0.2, 0.25) is 5.96 Å². The molecular formula is C11H18N5O8P. The van der Waals surface area contributed by atoms with E-state index in [0.717, 1.165) is 9.80 Å². The van der Waals surface area contributed by atoms with Crippen LogP contribution in [-0.4, -0.2) is 103 Å². The number of carbonyl (C=O) groups excluding carboxylic acids is 1. The highest BCUT2D eigenvalue weighted by Crippen LogP contribution is 2.57. The van der Waals surface area contributed by atoms with Gasteiger partial charge in [0.25, 0.3) is 11.2 Å². The van der Waals surface area contributed by atoms with Crippen LogP contribution in [0.25, 0.3) is 0 Å². The van der Waals surface area contributed by atoms with Gasteiger partial charge in [-0.3, -0.25) is 25.0 Å². The van der Waals surface area contributed by atoms with Crippen LogP contribution in [0.15, 0.2) is 4.99 Å². The Morgan fingerprint density at radius 3 is 2.60 bits per heavy atom. The Kier molecular flexibility index (Phi) is 4.25. The van der Waals surface area contributed by atoms with E-state index >= 15 is 0 Å². The number of amidine groups is 1. The predicted octanol–water partition coefficient (Wildman–Crippen LogP) is -4.03. The Hall–Kier alpha value is -1.44. The molecule has 2 saturated heterocycles. The van der Waals surface area contributed by atoms with Crippen LogP contribution in [0.2, 0.25) is 0 Å². The smallest absolute Gasteiger partial charge is 0.363 e. The van der Waals surface area contributed by atoms with Crippen LogP contribution in [0.4, 0.5) is 0 Å². The van der Waals surface area contributed by atoms with Crippen molar-refractivity contribution < 1.29 is 39.2 Å². The number of aliphatic hydroxyl groups excluding tert-OH is 3. The summed E-state index contributed by atoms with van der Waals surface area (Å²) in [5, 5.41) is 36.3. The minimum absolute atomic E-state index is 0.281. The first-order valence-electron chi connectivity index (χ1n) is 7.20. The van der Waals surface area contributed by atoms with E-state index in [1.54, 1.807) is 0 Å². The first kappa shape index (κ1) is 18.4. The molecule has 3 rings (SSSR count). The van der Waals surface area contributed by atoms with Crippen molar-refractivity contribution in [1.29, 1.82) is 5.41 Å². The number of likely N-dealkylation sites (N-methyl/N-ethyl adjacent to an activating group) is 1. The highest BCUT2D eigenvalue weighted by atomic mass is 31.2. The van der Waals surface area contributed by atoms with Crippen molar-refractivity contribution in [3.05, 3.63) is 0 Å². The lowest BCUT2D eigenvalue weighted by atomic mass is 10.1. The molecule has 25 heavy (non-hydrogen) atoms. The van der Waals surface area contributed by atoms with Gasteiger partial charge in [-0.25, -0.2) is 0 Å². The number of aliphatic hydroxyl groups is 3. The number of ether oxygens (including phenoxy) is 1. The van der Waals surface area contributed by atoms with Gasteiger partial charge < -0.3 is 34.7 Å². The first-order valence-corrected chi connectivity index (χ1v) is 8.82. The molecule has 140 valence electrons. The SMILES string of the molecule is CN1CN([C@@H]2O[C@H](CO)[C@@H](O)[C@H]2O)C2=NC(=N)NC(=O)C21P(=O)(O)O. The van der Waals surface area contributed by atoms with Gasteiger partial charge in [-0.1, -0.05) is 0 Å². The van der Waals surface area contributed by atoms with Gasteiger partial charge in [0, 0.05) is 0 Å². The van der Waals surface area contributed by atoms with E-state index in [1.165, 1.54) is 7.05 Å². The largest absolute Gasteiger partial charge is 0.394 e. The minimum atomic E-state index is -5.14. The molecule has 3 aliphatic rings. The van der Waals surface area contributed by atoms with Gasteiger partial charge in [-0.05, 0) is 7.05 Å². The molecule has 14 heteroatoms. The fourth-order valence-electron chi connectivity index (χ4n) is 3.34. The van der Waals surface area contributed by atoms with Crippen molar-refractivity contribution in [1.82, 2.24) is 15.1 Å². The number of guanidine groups is 1. The van der Waals surface area contributed by atoms with Crippen LogP contribution in [0.5, 0.6) is 0 Å². The monoisotopic (exact) mass is 379 g/mol. The molecule has 0 spiro atoms. The molecule has 0 radical (unpaired) electrons. The van der Waals surface area contributed by atoms with E-state index in [-0.39, 0.29) is 6.67 Å². The van der Waals surface area contributed by atoms with Gasteiger partial charge in [-0.15, -0.1) is 0 Å².